The number of rotatable bonds is 8. The third kappa shape index (κ3) is 7.19. The molecule has 0 bridgehead atoms. The molecule has 0 rings (SSSR count). The minimum Gasteiger partial charge on any atom is -0.465 e. The quantitative estimate of drug-likeness (QED) is 0.569. The fraction of sp³-hybridized carbons (Fsp3) is 0.800. The summed E-state index contributed by atoms with van der Waals surface area (Å²) < 4.78 is 9.49. The van der Waals surface area contributed by atoms with Crippen LogP contribution >= 0.6 is 11.8 Å². The molecule has 2 unspecified atom stereocenters. The molecule has 0 radical (unpaired) electrons. The van der Waals surface area contributed by atoms with Crippen LogP contribution in [0, 0.1) is 0 Å². The van der Waals surface area contributed by atoms with Gasteiger partial charge in [0.2, 0.25) is 0 Å². The van der Waals surface area contributed by atoms with Crippen molar-refractivity contribution < 1.29 is 19.1 Å². The first-order chi connectivity index (χ1) is 8.02. The summed E-state index contributed by atoms with van der Waals surface area (Å²) in [5, 5.41) is 0. The van der Waals surface area contributed by atoms with Crippen molar-refractivity contribution in [3.63, 3.8) is 0 Å². The van der Waals surface area contributed by atoms with Gasteiger partial charge in [0.05, 0.1) is 13.2 Å². The van der Waals surface area contributed by atoms with Crippen molar-refractivity contribution in [2.75, 3.05) is 24.7 Å². The van der Waals surface area contributed by atoms with Crippen LogP contribution in [0.15, 0.2) is 0 Å². The van der Waals surface area contributed by atoms with Crippen molar-refractivity contribution in [1.82, 2.24) is 0 Å². The first-order valence-electron chi connectivity index (χ1n) is 5.45. The number of nitrogens with two attached hydrogens (primary N) is 2. The second-order valence-corrected chi connectivity index (χ2v) is 4.33. The van der Waals surface area contributed by atoms with E-state index in [2.05, 4.69) is 0 Å². The normalized spacial score (nSPS) is 13.9. The van der Waals surface area contributed by atoms with E-state index < -0.39 is 24.0 Å². The summed E-state index contributed by atoms with van der Waals surface area (Å²) in [6.45, 7) is 4.04. The largest absolute Gasteiger partial charge is 0.465 e. The molecule has 7 heteroatoms. The lowest BCUT2D eigenvalue weighted by atomic mass is 10.4. The molecule has 4 N–H and O–H groups in total. The van der Waals surface area contributed by atoms with E-state index in [0.717, 1.165) is 0 Å². The molecule has 0 amide bonds. The summed E-state index contributed by atoms with van der Waals surface area (Å²) in [5.41, 5.74) is 11.1. The van der Waals surface area contributed by atoms with E-state index in [1.807, 2.05) is 0 Å². The number of esters is 2. The highest BCUT2D eigenvalue weighted by Gasteiger charge is 2.18. The molecular formula is C10H20N2O4S. The van der Waals surface area contributed by atoms with Crippen LogP contribution in [0.2, 0.25) is 0 Å². The van der Waals surface area contributed by atoms with Gasteiger partial charge in [-0.1, -0.05) is 0 Å². The maximum Gasteiger partial charge on any atom is 0.323 e. The molecule has 0 aliphatic heterocycles. The highest BCUT2D eigenvalue weighted by Crippen LogP contribution is 2.05. The SMILES string of the molecule is CCOC(=O)C(N)CSCC(N)C(=O)OCC. The van der Waals surface area contributed by atoms with Crippen LogP contribution in [0.25, 0.3) is 0 Å². The van der Waals surface area contributed by atoms with Crippen LogP contribution in [0.5, 0.6) is 0 Å². The lowest BCUT2D eigenvalue weighted by molar-refractivity contribution is -0.144. The lowest BCUT2D eigenvalue weighted by Crippen LogP contribution is -2.37. The summed E-state index contributed by atoms with van der Waals surface area (Å²) in [4.78, 5) is 22.3. The maximum atomic E-state index is 11.2. The smallest absolute Gasteiger partial charge is 0.323 e. The average molecular weight is 264 g/mol. The Morgan fingerprint density at radius 2 is 1.35 bits per heavy atom. The standard InChI is InChI=1S/C10H20N2O4S/c1-3-15-9(13)7(11)5-17-6-8(12)10(14)16-4-2/h7-8H,3-6,11-12H2,1-2H3. The Bertz CT molecular complexity index is 226. The topological polar surface area (TPSA) is 105 Å². The van der Waals surface area contributed by atoms with Crippen molar-refractivity contribution in [2.24, 2.45) is 11.5 Å². The molecule has 0 aliphatic carbocycles. The fourth-order valence-corrected chi connectivity index (χ4v) is 1.87. The minimum absolute atomic E-state index is 0.305. The molecule has 0 heterocycles. The van der Waals surface area contributed by atoms with Crippen molar-refractivity contribution in [3.8, 4) is 0 Å². The van der Waals surface area contributed by atoms with E-state index in [9.17, 15) is 9.59 Å². The summed E-state index contributed by atoms with van der Waals surface area (Å²) in [5.74, 6) is -0.146. The highest BCUT2D eigenvalue weighted by molar-refractivity contribution is 7.99. The molecule has 0 spiro atoms. The highest BCUT2D eigenvalue weighted by atomic mass is 32.2. The molecule has 0 saturated heterocycles. The predicted octanol–water partition coefficient (Wildman–Crippen LogP) is -0.500. The molecule has 0 fully saturated rings. The van der Waals surface area contributed by atoms with Gasteiger partial charge < -0.3 is 20.9 Å². The Balaban J connectivity index is 3.75. The van der Waals surface area contributed by atoms with Gasteiger partial charge in [-0.05, 0) is 13.8 Å². The second-order valence-electron chi connectivity index (χ2n) is 3.25. The number of ether oxygens (including phenoxy) is 2. The van der Waals surface area contributed by atoms with Gasteiger partial charge in [-0.3, -0.25) is 9.59 Å². The molecule has 0 aromatic rings. The Labute approximate surface area is 105 Å². The molecule has 0 saturated carbocycles. The molecular weight excluding hydrogens is 244 g/mol. The number of thioether (sulfide) groups is 1. The van der Waals surface area contributed by atoms with Crippen molar-refractivity contribution >= 4 is 23.7 Å². The van der Waals surface area contributed by atoms with Crippen LogP contribution < -0.4 is 11.5 Å². The first kappa shape index (κ1) is 16.2. The molecule has 2 atom stereocenters. The Morgan fingerprint density at radius 1 is 1.00 bits per heavy atom. The molecule has 6 nitrogen and oxygen atoms in total. The third-order valence-electron chi connectivity index (χ3n) is 1.77. The van der Waals surface area contributed by atoms with Gasteiger partial charge in [0.1, 0.15) is 12.1 Å². The van der Waals surface area contributed by atoms with Crippen molar-refractivity contribution in [1.29, 1.82) is 0 Å². The minimum atomic E-state index is -0.686. The van der Waals surface area contributed by atoms with Crippen molar-refractivity contribution in [3.05, 3.63) is 0 Å². The van der Waals surface area contributed by atoms with Gasteiger partial charge in [-0.2, -0.15) is 11.8 Å². The average Bonchev–Trinajstić information content (AvgIpc) is 2.29. The summed E-state index contributed by atoms with van der Waals surface area (Å²) in [7, 11) is 0. The zero-order chi connectivity index (χ0) is 13.3. The van der Waals surface area contributed by atoms with E-state index in [4.69, 9.17) is 20.9 Å². The first-order valence-corrected chi connectivity index (χ1v) is 6.60. The Kier molecular flexibility index (Phi) is 8.83. The van der Waals surface area contributed by atoms with E-state index >= 15 is 0 Å². The van der Waals surface area contributed by atoms with Gasteiger partial charge in [-0.25, -0.2) is 0 Å². The predicted molar refractivity (Wildman–Crippen MR) is 66.5 cm³/mol. The molecule has 0 aromatic heterocycles. The number of carbonyl (C=O) groups is 2. The van der Waals surface area contributed by atoms with Crippen LogP contribution in [-0.4, -0.2) is 48.7 Å². The summed E-state index contributed by atoms with van der Waals surface area (Å²) in [6, 6.07) is -1.37. The fourth-order valence-electron chi connectivity index (χ4n) is 0.957. The van der Waals surface area contributed by atoms with Crippen LogP contribution in [-0.2, 0) is 19.1 Å². The van der Waals surface area contributed by atoms with E-state index in [-0.39, 0.29) is 0 Å². The van der Waals surface area contributed by atoms with E-state index in [1.165, 1.54) is 11.8 Å². The molecule has 100 valence electrons. The lowest BCUT2D eigenvalue weighted by Gasteiger charge is -2.12. The number of carbonyl (C=O) groups excluding carboxylic acids is 2. The molecule has 0 aromatic carbocycles. The molecule has 17 heavy (non-hydrogen) atoms. The van der Waals surface area contributed by atoms with Crippen LogP contribution in [0.1, 0.15) is 13.8 Å². The van der Waals surface area contributed by atoms with Gasteiger partial charge in [0.25, 0.3) is 0 Å². The third-order valence-corrected chi connectivity index (χ3v) is 2.96. The zero-order valence-corrected chi connectivity index (χ0v) is 11.0. The number of hydrogen-bond donors (Lipinski definition) is 2. The zero-order valence-electron chi connectivity index (χ0n) is 10.2. The van der Waals surface area contributed by atoms with E-state index in [1.54, 1.807) is 13.8 Å². The Hall–Kier alpha value is -0.790. The van der Waals surface area contributed by atoms with Gasteiger partial charge in [0.15, 0.2) is 0 Å². The van der Waals surface area contributed by atoms with Gasteiger partial charge >= 0.3 is 11.9 Å². The van der Waals surface area contributed by atoms with Crippen molar-refractivity contribution in [2.45, 2.75) is 25.9 Å². The maximum absolute atomic E-state index is 11.2. The summed E-state index contributed by atoms with van der Waals surface area (Å²) in [6.07, 6.45) is 0. The van der Waals surface area contributed by atoms with E-state index in [0.29, 0.717) is 24.7 Å². The summed E-state index contributed by atoms with van der Waals surface area (Å²) >= 11 is 1.33. The second kappa shape index (κ2) is 9.26. The van der Waals surface area contributed by atoms with Gasteiger partial charge in [0, 0.05) is 11.5 Å². The number of hydrogen-bond acceptors (Lipinski definition) is 7. The Morgan fingerprint density at radius 3 is 1.65 bits per heavy atom. The molecule has 0 aliphatic rings. The monoisotopic (exact) mass is 264 g/mol. The van der Waals surface area contributed by atoms with Crippen LogP contribution in [0.4, 0.5) is 0 Å². The van der Waals surface area contributed by atoms with Crippen LogP contribution in [0.3, 0.4) is 0 Å². The van der Waals surface area contributed by atoms with Gasteiger partial charge in [-0.15, -0.1) is 0 Å².